The van der Waals surface area contributed by atoms with Gasteiger partial charge in [0.15, 0.2) is 5.66 Å². The number of hydrogen-bond acceptors (Lipinski definition) is 7. The maximum atomic E-state index is 5.83. The number of nitrogens with one attached hydrogen (secondary N) is 1. The zero-order valence-corrected chi connectivity index (χ0v) is 14.5. The van der Waals surface area contributed by atoms with Gasteiger partial charge in [0.05, 0.1) is 6.61 Å². The highest BCUT2D eigenvalue weighted by Crippen LogP contribution is 2.19. The smallest absolute Gasteiger partial charge is 0.226 e. The van der Waals surface area contributed by atoms with E-state index in [0.29, 0.717) is 6.61 Å². The van der Waals surface area contributed by atoms with E-state index in [1.807, 2.05) is 44.2 Å². The van der Waals surface area contributed by atoms with Gasteiger partial charge in [0.1, 0.15) is 0 Å². The van der Waals surface area contributed by atoms with E-state index in [9.17, 15) is 0 Å². The summed E-state index contributed by atoms with van der Waals surface area (Å²) in [5.74, 6) is 0.395. The van der Waals surface area contributed by atoms with Crippen molar-refractivity contribution in [2.75, 3.05) is 18.5 Å². The van der Waals surface area contributed by atoms with Crippen LogP contribution < -0.4 is 16.8 Å². The minimum absolute atomic E-state index is 0. The summed E-state index contributed by atoms with van der Waals surface area (Å²) in [6, 6.07) is 10.0. The highest BCUT2D eigenvalue weighted by Gasteiger charge is 2.32. The molecule has 0 unspecified atom stereocenters. The molecule has 1 aromatic carbocycles. The van der Waals surface area contributed by atoms with Gasteiger partial charge in [0, 0.05) is 12.2 Å². The number of nitrogens with zero attached hydrogens (tertiary/aromatic N) is 3. The molecule has 122 valence electrons. The third kappa shape index (κ3) is 4.88. The zero-order chi connectivity index (χ0) is 15.3. The normalized spacial score (nSPS) is 16.4. The van der Waals surface area contributed by atoms with Crippen LogP contribution in [0.3, 0.4) is 0 Å². The summed E-state index contributed by atoms with van der Waals surface area (Å²) in [5, 5.41) is 4.81. The van der Waals surface area contributed by atoms with E-state index in [-0.39, 0.29) is 28.9 Å². The minimum Gasteiger partial charge on any atom is -0.385 e. The first-order valence-corrected chi connectivity index (χ1v) is 6.90. The first kappa shape index (κ1) is 18.2. The van der Waals surface area contributed by atoms with Crippen LogP contribution in [0.25, 0.3) is 0 Å². The number of para-hydroxylation sites is 1. The van der Waals surface area contributed by atoms with Gasteiger partial charge in [-0.25, -0.2) is 4.99 Å². The van der Waals surface area contributed by atoms with E-state index < -0.39 is 5.66 Å². The van der Waals surface area contributed by atoms with Gasteiger partial charge in [-0.15, -0.1) is 17.0 Å². The van der Waals surface area contributed by atoms with Gasteiger partial charge in [-0.2, -0.15) is 10.1 Å². The van der Waals surface area contributed by atoms with Crippen molar-refractivity contribution in [1.29, 1.82) is 0 Å². The van der Waals surface area contributed by atoms with Crippen molar-refractivity contribution < 1.29 is 4.84 Å². The number of hydroxylamine groups is 2. The van der Waals surface area contributed by atoms with Crippen LogP contribution in [-0.4, -0.2) is 35.8 Å². The fourth-order valence-corrected chi connectivity index (χ4v) is 2.03. The molecule has 0 spiro atoms. The number of nitrogens with two attached hydrogens (primary N) is 2. The first-order valence-electron chi connectivity index (χ1n) is 6.90. The molecular formula is C14H23BrN6O. The summed E-state index contributed by atoms with van der Waals surface area (Å²) in [7, 11) is 0. The van der Waals surface area contributed by atoms with Crippen LogP contribution in [0.4, 0.5) is 5.69 Å². The van der Waals surface area contributed by atoms with Crippen LogP contribution >= 0.6 is 17.0 Å². The summed E-state index contributed by atoms with van der Waals surface area (Å²) in [6.45, 7) is 5.04. The number of benzene rings is 1. The second-order valence-electron chi connectivity index (χ2n) is 5.21. The topological polar surface area (TPSA) is 101 Å². The maximum Gasteiger partial charge on any atom is 0.226 e. The maximum absolute atomic E-state index is 5.83. The van der Waals surface area contributed by atoms with Crippen LogP contribution in [0.2, 0.25) is 0 Å². The molecule has 1 aliphatic rings. The molecule has 0 aliphatic carbocycles. The van der Waals surface area contributed by atoms with Crippen LogP contribution in [0.15, 0.2) is 40.3 Å². The third-order valence-corrected chi connectivity index (χ3v) is 2.97. The van der Waals surface area contributed by atoms with E-state index in [2.05, 4.69) is 15.3 Å². The molecule has 0 aromatic heterocycles. The third-order valence-electron chi connectivity index (χ3n) is 2.97. The first-order chi connectivity index (χ1) is 9.99. The molecule has 22 heavy (non-hydrogen) atoms. The van der Waals surface area contributed by atoms with Crippen molar-refractivity contribution in [3.05, 3.63) is 30.3 Å². The van der Waals surface area contributed by atoms with Gasteiger partial charge in [-0.05, 0) is 32.4 Å². The number of guanidine groups is 2. The Kier molecular flexibility index (Phi) is 6.63. The van der Waals surface area contributed by atoms with E-state index in [1.165, 1.54) is 5.06 Å². The Balaban J connectivity index is 0.00000242. The molecule has 1 aromatic rings. The zero-order valence-electron chi connectivity index (χ0n) is 12.8. The standard InChI is InChI=1S/C14H22N6O.BrH/c1-14(2)19-12(15)18-13(16)20(14)21-10-6-9-17-11-7-4-3-5-8-11;/h3-5,7-8,17H,6,9-10H2,1-2H3,(H4,15,16,18,19);1H. The molecule has 0 radical (unpaired) electrons. The Bertz CT molecular complexity index is 531. The van der Waals surface area contributed by atoms with Gasteiger partial charge in [0.2, 0.25) is 11.9 Å². The Hall–Kier alpha value is -1.80. The summed E-state index contributed by atoms with van der Waals surface area (Å²) < 4.78 is 0. The molecule has 5 N–H and O–H groups in total. The van der Waals surface area contributed by atoms with Crippen LogP contribution in [-0.2, 0) is 4.84 Å². The van der Waals surface area contributed by atoms with Gasteiger partial charge in [-0.3, -0.25) is 4.84 Å². The lowest BCUT2D eigenvalue weighted by atomic mass is 10.2. The average Bonchev–Trinajstić information content (AvgIpc) is 2.41. The Morgan fingerprint density at radius 2 is 1.91 bits per heavy atom. The highest BCUT2D eigenvalue weighted by molar-refractivity contribution is 8.93. The van der Waals surface area contributed by atoms with Crippen LogP contribution in [0, 0.1) is 0 Å². The SMILES string of the molecule is Br.CC1(C)N=C(N)N=C(N)N1OCCCNc1ccccc1. The summed E-state index contributed by atoms with van der Waals surface area (Å²) in [4.78, 5) is 13.8. The van der Waals surface area contributed by atoms with Crippen molar-refractivity contribution in [2.24, 2.45) is 21.5 Å². The van der Waals surface area contributed by atoms with Gasteiger partial charge in [-0.1, -0.05) is 18.2 Å². The number of aliphatic imine (C=N–C) groups is 2. The lowest BCUT2D eigenvalue weighted by Gasteiger charge is -2.36. The Labute approximate surface area is 141 Å². The minimum atomic E-state index is -0.650. The largest absolute Gasteiger partial charge is 0.385 e. The number of rotatable bonds is 6. The van der Waals surface area contributed by atoms with Gasteiger partial charge >= 0.3 is 0 Å². The van der Waals surface area contributed by atoms with Crippen molar-refractivity contribution in [1.82, 2.24) is 5.06 Å². The van der Waals surface area contributed by atoms with Crippen molar-refractivity contribution in [2.45, 2.75) is 25.9 Å². The van der Waals surface area contributed by atoms with Crippen LogP contribution in [0.5, 0.6) is 0 Å². The molecule has 2 rings (SSSR count). The lowest BCUT2D eigenvalue weighted by molar-refractivity contribution is -0.156. The monoisotopic (exact) mass is 370 g/mol. The van der Waals surface area contributed by atoms with Crippen molar-refractivity contribution in [3.8, 4) is 0 Å². The van der Waals surface area contributed by atoms with E-state index in [4.69, 9.17) is 16.3 Å². The number of halogens is 1. The molecule has 1 heterocycles. The summed E-state index contributed by atoms with van der Waals surface area (Å²) in [6.07, 6.45) is 0.827. The number of hydrogen-bond donors (Lipinski definition) is 3. The number of anilines is 1. The summed E-state index contributed by atoms with van der Waals surface area (Å²) >= 11 is 0. The Morgan fingerprint density at radius 3 is 2.55 bits per heavy atom. The fraction of sp³-hybridized carbons (Fsp3) is 0.429. The molecule has 0 fully saturated rings. The predicted molar refractivity (Wildman–Crippen MR) is 95.0 cm³/mol. The van der Waals surface area contributed by atoms with Crippen molar-refractivity contribution >= 4 is 34.6 Å². The Morgan fingerprint density at radius 1 is 1.23 bits per heavy atom. The van der Waals surface area contributed by atoms with Gasteiger partial charge < -0.3 is 16.8 Å². The van der Waals surface area contributed by atoms with Crippen molar-refractivity contribution in [3.63, 3.8) is 0 Å². The molecule has 0 amide bonds. The predicted octanol–water partition coefficient (Wildman–Crippen LogP) is 1.68. The molecule has 7 nitrogen and oxygen atoms in total. The van der Waals surface area contributed by atoms with Crippen LogP contribution in [0.1, 0.15) is 20.3 Å². The average molecular weight is 371 g/mol. The lowest BCUT2D eigenvalue weighted by Crippen LogP contribution is -2.53. The summed E-state index contributed by atoms with van der Waals surface area (Å²) in [5.41, 5.74) is 11.9. The molecule has 8 heteroatoms. The van der Waals surface area contributed by atoms with E-state index in [1.54, 1.807) is 0 Å². The molecule has 0 saturated carbocycles. The molecule has 0 atom stereocenters. The molecular weight excluding hydrogens is 348 g/mol. The molecule has 0 bridgehead atoms. The van der Waals surface area contributed by atoms with E-state index >= 15 is 0 Å². The molecule has 1 aliphatic heterocycles. The molecule has 0 saturated heterocycles. The highest BCUT2D eigenvalue weighted by atomic mass is 79.9. The van der Waals surface area contributed by atoms with Gasteiger partial charge in [0.25, 0.3) is 0 Å². The fourth-order valence-electron chi connectivity index (χ4n) is 2.03. The quantitative estimate of drug-likeness (QED) is 0.661. The van der Waals surface area contributed by atoms with E-state index in [0.717, 1.165) is 18.7 Å². The second-order valence-corrected chi connectivity index (χ2v) is 5.21. The second kappa shape index (κ2) is 8.00.